The highest BCUT2D eigenvalue weighted by Gasteiger charge is 2.15. The fraction of sp³-hybridized carbons (Fsp3) is 0.600. The minimum Gasteiger partial charge on any atom is -0.333 e. The van der Waals surface area contributed by atoms with E-state index in [1.54, 1.807) is 0 Å². The van der Waals surface area contributed by atoms with E-state index in [0.29, 0.717) is 6.42 Å². The molecular formula is C10H17N5O. The predicted octanol–water partition coefficient (Wildman–Crippen LogP) is -0.531. The summed E-state index contributed by atoms with van der Waals surface area (Å²) in [6.45, 7) is 3.80. The number of amides is 1. The van der Waals surface area contributed by atoms with Crippen molar-refractivity contribution in [1.29, 1.82) is 0 Å². The third-order valence-corrected chi connectivity index (χ3v) is 2.86. The summed E-state index contributed by atoms with van der Waals surface area (Å²) in [5.41, 5.74) is 2.14. The van der Waals surface area contributed by atoms with Crippen molar-refractivity contribution >= 4 is 5.91 Å². The molecule has 3 N–H and O–H groups in total. The summed E-state index contributed by atoms with van der Waals surface area (Å²) >= 11 is 0. The summed E-state index contributed by atoms with van der Waals surface area (Å²) in [6, 6.07) is 0. The van der Waals surface area contributed by atoms with Gasteiger partial charge in [-0.1, -0.05) is 0 Å². The van der Waals surface area contributed by atoms with Crippen LogP contribution >= 0.6 is 0 Å². The van der Waals surface area contributed by atoms with Gasteiger partial charge in [0.2, 0.25) is 5.91 Å². The summed E-state index contributed by atoms with van der Waals surface area (Å²) in [4.78, 5) is 17.5. The number of aromatic nitrogens is 2. The van der Waals surface area contributed by atoms with Gasteiger partial charge >= 0.3 is 0 Å². The highest BCUT2D eigenvalue weighted by molar-refractivity contribution is 5.75. The van der Waals surface area contributed by atoms with Crippen LogP contribution in [-0.2, 0) is 17.9 Å². The van der Waals surface area contributed by atoms with Crippen molar-refractivity contribution in [2.45, 2.75) is 25.9 Å². The van der Waals surface area contributed by atoms with Crippen molar-refractivity contribution in [1.82, 2.24) is 19.9 Å². The molecule has 0 bridgehead atoms. The molecule has 1 amide bonds. The normalized spacial score (nSPS) is 15.8. The third-order valence-electron chi connectivity index (χ3n) is 2.86. The Kier molecular flexibility index (Phi) is 3.53. The summed E-state index contributed by atoms with van der Waals surface area (Å²) in [5, 5.41) is 0. The van der Waals surface area contributed by atoms with E-state index in [2.05, 4.69) is 19.9 Å². The number of imidazole rings is 1. The predicted molar refractivity (Wildman–Crippen MR) is 59.1 cm³/mol. The summed E-state index contributed by atoms with van der Waals surface area (Å²) in [7, 11) is 0. The van der Waals surface area contributed by atoms with E-state index in [9.17, 15) is 4.79 Å². The topological polar surface area (TPSA) is 76.2 Å². The molecule has 1 aromatic heterocycles. The Morgan fingerprint density at radius 1 is 1.56 bits per heavy atom. The smallest absolute Gasteiger partial charge is 0.233 e. The number of nitrogens with two attached hydrogens (primary N) is 1. The van der Waals surface area contributed by atoms with Crippen LogP contribution < -0.4 is 11.3 Å². The van der Waals surface area contributed by atoms with E-state index in [-0.39, 0.29) is 5.91 Å². The Bertz CT molecular complexity index is 362. The van der Waals surface area contributed by atoms with Crippen molar-refractivity contribution < 1.29 is 4.79 Å². The zero-order valence-electron chi connectivity index (χ0n) is 9.22. The number of carbonyl (C=O) groups is 1. The molecule has 0 saturated carbocycles. The highest BCUT2D eigenvalue weighted by Crippen LogP contribution is 2.10. The van der Waals surface area contributed by atoms with Gasteiger partial charge in [0, 0.05) is 31.9 Å². The zero-order valence-corrected chi connectivity index (χ0v) is 9.22. The minimum atomic E-state index is -0.0986. The lowest BCUT2D eigenvalue weighted by Crippen LogP contribution is -2.35. The first-order valence-electron chi connectivity index (χ1n) is 5.51. The first kappa shape index (κ1) is 11.1. The standard InChI is InChI=1S/C10H17N5O/c11-13-10(16)2-1-4-14-6-7-15-5-3-12-9(15)8-14/h3,5H,1-2,4,6-8,11H2,(H,13,16). The minimum absolute atomic E-state index is 0.0986. The van der Waals surface area contributed by atoms with Crippen molar-refractivity contribution in [3.05, 3.63) is 18.2 Å². The van der Waals surface area contributed by atoms with Crippen LogP contribution in [-0.4, -0.2) is 33.4 Å². The number of nitrogens with zero attached hydrogens (tertiary/aromatic N) is 3. The van der Waals surface area contributed by atoms with Gasteiger partial charge in [-0.3, -0.25) is 15.1 Å². The number of fused-ring (bicyclic) bond motifs is 1. The molecule has 0 unspecified atom stereocenters. The summed E-state index contributed by atoms with van der Waals surface area (Å²) in [6.07, 6.45) is 5.17. The fourth-order valence-corrected chi connectivity index (χ4v) is 1.95. The maximum absolute atomic E-state index is 10.9. The quantitative estimate of drug-likeness (QED) is 0.409. The second kappa shape index (κ2) is 5.09. The van der Waals surface area contributed by atoms with Crippen LogP contribution in [0.5, 0.6) is 0 Å². The van der Waals surface area contributed by atoms with Gasteiger partial charge in [0.1, 0.15) is 5.82 Å². The number of nitrogens with one attached hydrogen (secondary N) is 1. The molecule has 0 fully saturated rings. The molecule has 0 aromatic carbocycles. The molecule has 6 nitrogen and oxygen atoms in total. The average molecular weight is 223 g/mol. The van der Waals surface area contributed by atoms with Gasteiger partial charge in [-0.15, -0.1) is 0 Å². The molecule has 6 heteroatoms. The summed E-state index contributed by atoms with van der Waals surface area (Å²) < 4.78 is 2.17. The van der Waals surface area contributed by atoms with E-state index in [1.807, 2.05) is 12.4 Å². The van der Waals surface area contributed by atoms with Crippen molar-refractivity contribution in [2.75, 3.05) is 13.1 Å². The largest absolute Gasteiger partial charge is 0.333 e. The van der Waals surface area contributed by atoms with Crippen LogP contribution in [0.3, 0.4) is 0 Å². The molecule has 16 heavy (non-hydrogen) atoms. The van der Waals surface area contributed by atoms with Gasteiger partial charge < -0.3 is 4.57 Å². The van der Waals surface area contributed by atoms with E-state index >= 15 is 0 Å². The zero-order chi connectivity index (χ0) is 11.4. The van der Waals surface area contributed by atoms with Gasteiger partial charge in [-0.05, 0) is 13.0 Å². The second-order valence-corrected chi connectivity index (χ2v) is 3.98. The molecule has 0 atom stereocenters. The van der Waals surface area contributed by atoms with Crippen LogP contribution in [0.25, 0.3) is 0 Å². The first-order valence-corrected chi connectivity index (χ1v) is 5.51. The number of hydrogen-bond acceptors (Lipinski definition) is 4. The van der Waals surface area contributed by atoms with Crippen LogP contribution in [0.2, 0.25) is 0 Å². The Morgan fingerprint density at radius 2 is 2.44 bits per heavy atom. The molecule has 0 spiro atoms. The van der Waals surface area contributed by atoms with Crippen LogP contribution in [0, 0.1) is 0 Å². The summed E-state index contributed by atoms with van der Waals surface area (Å²) in [5.74, 6) is 6.02. The van der Waals surface area contributed by atoms with Gasteiger partial charge in [0.15, 0.2) is 0 Å². The van der Waals surface area contributed by atoms with E-state index in [4.69, 9.17) is 5.84 Å². The maximum Gasteiger partial charge on any atom is 0.233 e. The molecule has 1 aliphatic rings. The maximum atomic E-state index is 10.9. The Labute approximate surface area is 94.4 Å². The Hall–Kier alpha value is -1.40. The number of hydrogen-bond donors (Lipinski definition) is 2. The monoisotopic (exact) mass is 223 g/mol. The second-order valence-electron chi connectivity index (χ2n) is 3.98. The number of carbonyl (C=O) groups excluding carboxylic acids is 1. The lowest BCUT2D eigenvalue weighted by Gasteiger charge is -2.27. The molecule has 2 rings (SSSR count). The molecule has 0 saturated heterocycles. The van der Waals surface area contributed by atoms with Crippen molar-refractivity contribution in [3.8, 4) is 0 Å². The van der Waals surface area contributed by atoms with Gasteiger partial charge in [-0.2, -0.15) is 0 Å². The molecule has 1 aliphatic heterocycles. The van der Waals surface area contributed by atoms with Crippen LogP contribution in [0.1, 0.15) is 18.7 Å². The SMILES string of the molecule is NNC(=O)CCCN1CCn2ccnc2C1. The number of rotatable bonds is 4. The van der Waals surface area contributed by atoms with Gasteiger partial charge in [0.05, 0.1) is 6.54 Å². The van der Waals surface area contributed by atoms with E-state index in [1.165, 1.54) is 0 Å². The molecule has 0 radical (unpaired) electrons. The van der Waals surface area contributed by atoms with Crippen LogP contribution in [0.15, 0.2) is 12.4 Å². The van der Waals surface area contributed by atoms with Crippen LogP contribution in [0.4, 0.5) is 0 Å². The van der Waals surface area contributed by atoms with Crippen molar-refractivity contribution in [2.24, 2.45) is 5.84 Å². The number of hydrazine groups is 1. The molecule has 88 valence electrons. The van der Waals surface area contributed by atoms with Crippen molar-refractivity contribution in [3.63, 3.8) is 0 Å². The Balaban J connectivity index is 1.75. The Morgan fingerprint density at radius 3 is 3.25 bits per heavy atom. The molecule has 0 aliphatic carbocycles. The molecule has 1 aromatic rings. The van der Waals surface area contributed by atoms with E-state index < -0.39 is 0 Å². The first-order chi connectivity index (χ1) is 7.79. The molecular weight excluding hydrogens is 206 g/mol. The van der Waals surface area contributed by atoms with Gasteiger partial charge in [0.25, 0.3) is 0 Å². The lowest BCUT2D eigenvalue weighted by atomic mass is 10.2. The third kappa shape index (κ3) is 2.59. The van der Waals surface area contributed by atoms with Gasteiger partial charge in [-0.25, -0.2) is 10.8 Å². The van der Waals surface area contributed by atoms with E-state index in [0.717, 1.165) is 38.4 Å². The molecule has 2 heterocycles. The highest BCUT2D eigenvalue weighted by atomic mass is 16.2. The lowest BCUT2D eigenvalue weighted by molar-refractivity contribution is -0.121. The average Bonchev–Trinajstić information content (AvgIpc) is 2.76. The fourth-order valence-electron chi connectivity index (χ4n) is 1.95.